The van der Waals surface area contributed by atoms with Gasteiger partial charge in [0.05, 0.1) is 23.7 Å². The number of rotatable bonds is 6. The van der Waals surface area contributed by atoms with Crippen LogP contribution in [0.25, 0.3) is 0 Å². The molecule has 0 unspecified atom stereocenters. The van der Waals surface area contributed by atoms with E-state index in [9.17, 15) is 13.2 Å². The van der Waals surface area contributed by atoms with Gasteiger partial charge in [0.1, 0.15) is 0 Å². The summed E-state index contributed by atoms with van der Waals surface area (Å²) in [6, 6.07) is 3.69. The molecule has 0 saturated carbocycles. The van der Waals surface area contributed by atoms with Crippen LogP contribution >= 0.6 is 22.9 Å². The Morgan fingerprint density at radius 1 is 1.41 bits per heavy atom. The molecule has 22 heavy (non-hydrogen) atoms. The molecule has 1 aliphatic rings. The van der Waals surface area contributed by atoms with Crippen molar-refractivity contribution in [1.29, 1.82) is 0 Å². The zero-order valence-electron chi connectivity index (χ0n) is 12.3. The van der Waals surface area contributed by atoms with Crippen LogP contribution in [0.15, 0.2) is 12.1 Å². The minimum absolute atomic E-state index is 0.0254. The van der Waals surface area contributed by atoms with Crippen molar-refractivity contribution in [1.82, 2.24) is 14.9 Å². The van der Waals surface area contributed by atoms with Crippen molar-refractivity contribution < 1.29 is 13.2 Å². The zero-order chi connectivity index (χ0) is 16.2. The molecule has 2 heterocycles. The molecule has 1 fully saturated rings. The van der Waals surface area contributed by atoms with Crippen LogP contribution in [0.5, 0.6) is 0 Å². The highest BCUT2D eigenvalue weighted by Gasteiger charge is 2.22. The van der Waals surface area contributed by atoms with Gasteiger partial charge in [0.15, 0.2) is 0 Å². The first-order valence-corrected chi connectivity index (χ1v) is 10.1. The first kappa shape index (κ1) is 17.7. The Morgan fingerprint density at radius 3 is 2.64 bits per heavy atom. The van der Waals surface area contributed by atoms with Gasteiger partial charge < -0.3 is 5.32 Å². The highest BCUT2D eigenvalue weighted by Crippen LogP contribution is 2.21. The number of nitrogens with zero attached hydrogens (tertiary/aromatic N) is 1. The van der Waals surface area contributed by atoms with E-state index in [2.05, 4.69) is 10.0 Å². The number of carbonyl (C=O) groups excluding carboxylic acids is 1. The summed E-state index contributed by atoms with van der Waals surface area (Å²) in [7, 11) is -3.16. The minimum atomic E-state index is -3.16. The topological polar surface area (TPSA) is 78.5 Å². The fraction of sp³-hybridized carbons (Fsp3) is 0.615. The van der Waals surface area contributed by atoms with Crippen LogP contribution in [0, 0.1) is 0 Å². The van der Waals surface area contributed by atoms with Crippen LogP contribution < -0.4 is 10.0 Å². The fourth-order valence-corrected chi connectivity index (χ4v) is 4.27. The maximum atomic E-state index is 11.9. The van der Waals surface area contributed by atoms with E-state index in [1.165, 1.54) is 17.6 Å². The zero-order valence-corrected chi connectivity index (χ0v) is 14.7. The number of hydrogen-bond acceptors (Lipinski definition) is 5. The molecule has 0 bridgehead atoms. The van der Waals surface area contributed by atoms with Crippen LogP contribution in [0.1, 0.15) is 17.7 Å². The van der Waals surface area contributed by atoms with Gasteiger partial charge in [0.2, 0.25) is 15.9 Å². The molecular weight excluding hydrogens is 346 g/mol. The van der Waals surface area contributed by atoms with E-state index in [4.69, 9.17) is 11.6 Å². The number of nitrogens with one attached hydrogen (secondary N) is 2. The molecule has 0 spiro atoms. The predicted molar refractivity (Wildman–Crippen MR) is 88.6 cm³/mol. The Balaban J connectivity index is 1.68. The van der Waals surface area contributed by atoms with E-state index in [0.29, 0.717) is 30.5 Å². The van der Waals surface area contributed by atoms with Crippen molar-refractivity contribution in [2.45, 2.75) is 25.4 Å². The molecule has 0 aliphatic carbocycles. The summed E-state index contributed by atoms with van der Waals surface area (Å²) in [6.07, 6.45) is 2.62. The van der Waals surface area contributed by atoms with Crippen molar-refractivity contribution in [3.05, 3.63) is 21.3 Å². The van der Waals surface area contributed by atoms with Gasteiger partial charge in [-0.1, -0.05) is 11.6 Å². The summed E-state index contributed by atoms with van der Waals surface area (Å²) in [5, 5.41) is 2.87. The Kier molecular flexibility index (Phi) is 6.22. The Morgan fingerprint density at radius 2 is 2.09 bits per heavy atom. The van der Waals surface area contributed by atoms with Crippen molar-refractivity contribution in [2.24, 2.45) is 0 Å². The molecule has 1 saturated heterocycles. The first-order valence-electron chi connectivity index (χ1n) is 7.02. The lowest BCUT2D eigenvalue weighted by Crippen LogP contribution is -2.47. The van der Waals surface area contributed by atoms with Crippen LogP contribution in [-0.2, 0) is 21.4 Å². The number of hydrogen-bond donors (Lipinski definition) is 2. The molecule has 2 rings (SSSR count). The number of halogens is 1. The van der Waals surface area contributed by atoms with Gasteiger partial charge in [-0.2, -0.15) is 0 Å². The number of sulfonamides is 1. The maximum absolute atomic E-state index is 11.9. The van der Waals surface area contributed by atoms with Crippen molar-refractivity contribution >= 4 is 38.9 Å². The Bertz CT molecular complexity index is 610. The van der Waals surface area contributed by atoms with E-state index in [0.717, 1.165) is 17.7 Å². The third-order valence-electron chi connectivity index (χ3n) is 3.42. The monoisotopic (exact) mass is 365 g/mol. The van der Waals surface area contributed by atoms with Gasteiger partial charge in [0.25, 0.3) is 0 Å². The lowest BCUT2D eigenvalue weighted by molar-refractivity contribution is -0.122. The van der Waals surface area contributed by atoms with Gasteiger partial charge in [-0.25, -0.2) is 13.1 Å². The minimum Gasteiger partial charge on any atom is -0.350 e. The molecule has 1 aromatic rings. The number of carbonyl (C=O) groups is 1. The standard InChI is InChI=1S/C13H20ClN3O3S2/c1-22(19,20)16-10-4-6-17(7-5-10)9-13(18)15-8-11-2-3-12(14)21-11/h2-3,10,16H,4-9H2,1H3,(H,15,18). The number of piperidine rings is 1. The predicted octanol–water partition coefficient (Wildman–Crippen LogP) is 1.03. The average Bonchev–Trinajstić information content (AvgIpc) is 2.83. The molecule has 1 amide bonds. The smallest absolute Gasteiger partial charge is 0.234 e. The summed E-state index contributed by atoms with van der Waals surface area (Å²) in [6.45, 7) is 2.25. The second-order valence-electron chi connectivity index (χ2n) is 5.42. The summed E-state index contributed by atoms with van der Waals surface area (Å²) >= 11 is 7.29. The third kappa shape index (κ3) is 6.21. The Labute approximate surface area is 139 Å². The van der Waals surface area contributed by atoms with Crippen molar-refractivity contribution in [3.63, 3.8) is 0 Å². The molecule has 6 nitrogen and oxygen atoms in total. The summed E-state index contributed by atoms with van der Waals surface area (Å²) < 4.78 is 25.7. The van der Waals surface area contributed by atoms with Crippen LogP contribution in [-0.4, -0.2) is 51.2 Å². The second kappa shape index (κ2) is 7.74. The molecule has 0 atom stereocenters. The SMILES string of the molecule is CS(=O)(=O)NC1CCN(CC(=O)NCc2ccc(Cl)s2)CC1. The maximum Gasteiger partial charge on any atom is 0.234 e. The van der Waals surface area contributed by atoms with Gasteiger partial charge in [0, 0.05) is 24.0 Å². The number of amides is 1. The summed E-state index contributed by atoms with van der Waals surface area (Å²) in [4.78, 5) is 15.0. The first-order chi connectivity index (χ1) is 10.3. The van der Waals surface area contributed by atoms with E-state index in [1.807, 2.05) is 17.0 Å². The molecule has 0 radical (unpaired) electrons. The normalized spacial score (nSPS) is 17.5. The van der Waals surface area contributed by atoms with E-state index < -0.39 is 10.0 Å². The molecule has 0 aromatic carbocycles. The highest BCUT2D eigenvalue weighted by atomic mass is 35.5. The van der Waals surface area contributed by atoms with Crippen molar-refractivity contribution in [3.8, 4) is 0 Å². The van der Waals surface area contributed by atoms with E-state index in [1.54, 1.807) is 0 Å². The van der Waals surface area contributed by atoms with Crippen LogP contribution in [0.2, 0.25) is 4.34 Å². The Hall–Kier alpha value is -0.670. The number of likely N-dealkylation sites (tertiary alicyclic amines) is 1. The second-order valence-corrected chi connectivity index (χ2v) is 9.00. The molecule has 124 valence electrons. The molecular formula is C13H20ClN3O3S2. The van der Waals surface area contributed by atoms with Crippen LogP contribution in [0.4, 0.5) is 0 Å². The van der Waals surface area contributed by atoms with Gasteiger partial charge in [-0.3, -0.25) is 9.69 Å². The van der Waals surface area contributed by atoms with E-state index >= 15 is 0 Å². The van der Waals surface area contributed by atoms with Gasteiger partial charge in [-0.15, -0.1) is 11.3 Å². The molecule has 9 heteroatoms. The third-order valence-corrected chi connectivity index (χ3v) is 5.42. The summed E-state index contributed by atoms with van der Waals surface area (Å²) in [5.74, 6) is -0.0287. The molecule has 1 aromatic heterocycles. The lowest BCUT2D eigenvalue weighted by Gasteiger charge is -2.31. The summed E-state index contributed by atoms with van der Waals surface area (Å²) in [5.41, 5.74) is 0. The van der Waals surface area contributed by atoms with Crippen molar-refractivity contribution in [2.75, 3.05) is 25.9 Å². The van der Waals surface area contributed by atoms with Gasteiger partial charge >= 0.3 is 0 Å². The quantitative estimate of drug-likeness (QED) is 0.789. The fourth-order valence-electron chi connectivity index (χ4n) is 2.40. The largest absolute Gasteiger partial charge is 0.350 e. The lowest BCUT2D eigenvalue weighted by atomic mass is 10.1. The van der Waals surface area contributed by atoms with Gasteiger partial charge in [-0.05, 0) is 25.0 Å². The highest BCUT2D eigenvalue weighted by molar-refractivity contribution is 7.88. The number of thiophene rings is 1. The van der Waals surface area contributed by atoms with Crippen LogP contribution in [0.3, 0.4) is 0 Å². The average molecular weight is 366 g/mol. The molecule has 2 N–H and O–H groups in total. The van der Waals surface area contributed by atoms with E-state index in [-0.39, 0.29) is 11.9 Å². The molecule has 1 aliphatic heterocycles.